The number of guanidine groups is 1. The van der Waals surface area contributed by atoms with E-state index in [9.17, 15) is 0 Å². The number of aliphatic imine (C=N–C) groups is 1. The molecule has 1 aliphatic heterocycles. The zero-order chi connectivity index (χ0) is 18.5. The number of rotatable bonds is 11. The Labute approximate surface area is 180 Å². The molecule has 1 aliphatic rings. The van der Waals surface area contributed by atoms with Gasteiger partial charge < -0.3 is 24.8 Å². The van der Waals surface area contributed by atoms with Crippen molar-refractivity contribution in [2.45, 2.75) is 45.9 Å². The predicted octanol–water partition coefficient (Wildman–Crippen LogP) is 3.09. The number of ether oxygens (including phenoxy) is 3. The Morgan fingerprint density at radius 3 is 2.74 bits per heavy atom. The van der Waals surface area contributed by atoms with E-state index in [2.05, 4.69) is 29.7 Å². The number of hydrogen-bond donors (Lipinski definition) is 2. The summed E-state index contributed by atoms with van der Waals surface area (Å²) < 4.78 is 16.6. The highest BCUT2D eigenvalue weighted by Crippen LogP contribution is 2.11. The van der Waals surface area contributed by atoms with E-state index in [0.29, 0.717) is 13.2 Å². The van der Waals surface area contributed by atoms with Gasteiger partial charge >= 0.3 is 0 Å². The minimum atomic E-state index is 0. The fraction of sp³-hybridized carbons (Fsp3) is 0.650. The molecule has 1 atom stereocenters. The van der Waals surface area contributed by atoms with Crippen LogP contribution in [0.4, 0.5) is 0 Å². The maximum Gasteiger partial charge on any atom is 0.191 e. The third-order valence-electron chi connectivity index (χ3n) is 4.19. The molecule has 2 rings (SSSR count). The first kappa shape index (κ1) is 24.1. The quantitative estimate of drug-likeness (QED) is 0.216. The molecule has 1 fully saturated rings. The molecule has 0 saturated carbocycles. The highest BCUT2D eigenvalue weighted by molar-refractivity contribution is 14.0. The van der Waals surface area contributed by atoms with Crippen molar-refractivity contribution in [3.8, 4) is 0 Å². The first-order chi connectivity index (χ1) is 12.8. The first-order valence-corrected chi connectivity index (χ1v) is 9.69. The van der Waals surface area contributed by atoms with Gasteiger partial charge in [-0.15, -0.1) is 24.0 Å². The van der Waals surface area contributed by atoms with Gasteiger partial charge in [0.1, 0.15) is 0 Å². The van der Waals surface area contributed by atoms with E-state index in [1.54, 1.807) is 0 Å². The molecular formula is C20H34IN3O3. The molecule has 7 heteroatoms. The van der Waals surface area contributed by atoms with Crippen molar-refractivity contribution in [2.24, 2.45) is 4.99 Å². The van der Waals surface area contributed by atoms with Crippen LogP contribution in [0.15, 0.2) is 29.3 Å². The van der Waals surface area contributed by atoms with Crippen LogP contribution in [-0.2, 0) is 27.4 Å². The fourth-order valence-electron chi connectivity index (χ4n) is 2.74. The third kappa shape index (κ3) is 9.73. The predicted molar refractivity (Wildman–Crippen MR) is 120 cm³/mol. The third-order valence-corrected chi connectivity index (χ3v) is 4.19. The van der Waals surface area contributed by atoms with Crippen LogP contribution in [0.1, 0.15) is 37.8 Å². The Hall–Kier alpha value is -0.900. The van der Waals surface area contributed by atoms with Gasteiger partial charge in [-0.05, 0) is 37.8 Å². The Morgan fingerprint density at radius 1 is 1.22 bits per heavy atom. The minimum absolute atomic E-state index is 0. The average molecular weight is 491 g/mol. The van der Waals surface area contributed by atoms with Gasteiger partial charge in [-0.1, -0.05) is 24.3 Å². The van der Waals surface area contributed by atoms with Crippen LogP contribution in [0.25, 0.3) is 0 Å². The van der Waals surface area contributed by atoms with E-state index in [-0.39, 0.29) is 30.1 Å². The van der Waals surface area contributed by atoms with Crippen LogP contribution in [0.2, 0.25) is 0 Å². The number of hydrogen-bond acceptors (Lipinski definition) is 4. The van der Waals surface area contributed by atoms with E-state index in [0.717, 1.165) is 58.3 Å². The van der Waals surface area contributed by atoms with E-state index in [4.69, 9.17) is 19.2 Å². The van der Waals surface area contributed by atoms with Crippen LogP contribution >= 0.6 is 24.0 Å². The molecule has 2 N–H and O–H groups in total. The van der Waals surface area contributed by atoms with Crippen LogP contribution in [0.5, 0.6) is 0 Å². The average Bonchev–Trinajstić information content (AvgIpc) is 3.18. The molecule has 1 aromatic carbocycles. The van der Waals surface area contributed by atoms with Crippen LogP contribution in [-0.4, -0.2) is 51.6 Å². The number of nitrogens with zero attached hydrogens (tertiary/aromatic N) is 1. The normalized spacial score (nSPS) is 16.8. The standard InChI is InChI=1S/C20H33N3O3.HI/c1-3-21-20(22-11-7-12-26-19-10-13-25-16-19)23-14-17-8-5-6-9-18(17)15-24-4-2;/h5-6,8-9,19H,3-4,7,10-16H2,1-2H3,(H2,21,22,23);1H. The Kier molecular flexibility index (Phi) is 13.5. The summed E-state index contributed by atoms with van der Waals surface area (Å²) in [7, 11) is 0. The van der Waals surface area contributed by atoms with E-state index in [1.807, 2.05) is 19.1 Å². The first-order valence-electron chi connectivity index (χ1n) is 9.69. The molecular weight excluding hydrogens is 457 g/mol. The zero-order valence-electron chi connectivity index (χ0n) is 16.5. The van der Waals surface area contributed by atoms with Gasteiger partial charge in [0.25, 0.3) is 0 Å². The van der Waals surface area contributed by atoms with Crippen molar-refractivity contribution in [3.63, 3.8) is 0 Å². The summed E-state index contributed by atoms with van der Waals surface area (Å²) in [5, 5.41) is 6.67. The topological polar surface area (TPSA) is 64.1 Å². The molecule has 1 heterocycles. The van der Waals surface area contributed by atoms with Crippen LogP contribution < -0.4 is 10.6 Å². The van der Waals surface area contributed by atoms with Crippen molar-refractivity contribution in [3.05, 3.63) is 35.4 Å². The highest BCUT2D eigenvalue weighted by atomic mass is 127. The Balaban J connectivity index is 0.00000364. The summed E-state index contributed by atoms with van der Waals surface area (Å²) in [6.07, 6.45) is 2.24. The largest absolute Gasteiger partial charge is 0.379 e. The van der Waals surface area contributed by atoms with E-state index in [1.165, 1.54) is 11.1 Å². The minimum Gasteiger partial charge on any atom is -0.379 e. The molecule has 154 valence electrons. The molecule has 0 aromatic heterocycles. The summed E-state index contributed by atoms with van der Waals surface area (Å²) in [6, 6.07) is 8.30. The van der Waals surface area contributed by atoms with Crippen LogP contribution in [0, 0.1) is 0 Å². The maximum absolute atomic E-state index is 5.79. The molecule has 27 heavy (non-hydrogen) atoms. The van der Waals surface area contributed by atoms with Crippen molar-refractivity contribution < 1.29 is 14.2 Å². The maximum atomic E-state index is 5.79. The number of benzene rings is 1. The lowest BCUT2D eigenvalue weighted by atomic mass is 10.1. The summed E-state index contributed by atoms with van der Waals surface area (Å²) in [5.41, 5.74) is 2.39. The van der Waals surface area contributed by atoms with Gasteiger partial charge in [-0.3, -0.25) is 0 Å². The molecule has 6 nitrogen and oxygen atoms in total. The van der Waals surface area contributed by atoms with E-state index >= 15 is 0 Å². The van der Waals surface area contributed by atoms with Gasteiger partial charge in [0.2, 0.25) is 0 Å². The lowest BCUT2D eigenvalue weighted by molar-refractivity contribution is 0.0420. The summed E-state index contributed by atoms with van der Waals surface area (Å²) in [5.74, 6) is 0.836. The molecule has 0 aliphatic carbocycles. The van der Waals surface area contributed by atoms with E-state index < -0.39 is 0 Å². The molecule has 0 radical (unpaired) electrons. The van der Waals surface area contributed by atoms with Crippen LogP contribution in [0.3, 0.4) is 0 Å². The summed E-state index contributed by atoms with van der Waals surface area (Å²) in [4.78, 5) is 4.71. The number of nitrogens with one attached hydrogen (secondary N) is 2. The van der Waals surface area contributed by atoms with Crippen molar-refractivity contribution in [1.29, 1.82) is 0 Å². The molecule has 1 unspecified atom stereocenters. The fourth-order valence-corrected chi connectivity index (χ4v) is 2.74. The lowest BCUT2D eigenvalue weighted by Crippen LogP contribution is -2.38. The summed E-state index contributed by atoms with van der Waals surface area (Å²) >= 11 is 0. The smallest absolute Gasteiger partial charge is 0.191 e. The van der Waals surface area contributed by atoms with Crippen molar-refractivity contribution in [2.75, 3.05) is 39.5 Å². The zero-order valence-corrected chi connectivity index (χ0v) is 18.9. The summed E-state index contributed by atoms with van der Waals surface area (Å²) in [6.45, 7) is 10.0. The molecule has 0 amide bonds. The van der Waals surface area contributed by atoms with Gasteiger partial charge in [-0.2, -0.15) is 0 Å². The second-order valence-electron chi connectivity index (χ2n) is 6.24. The van der Waals surface area contributed by atoms with Crippen molar-refractivity contribution >= 4 is 29.9 Å². The second kappa shape index (κ2) is 15.1. The lowest BCUT2D eigenvalue weighted by Gasteiger charge is -2.13. The Bertz CT molecular complexity index is 537. The Morgan fingerprint density at radius 2 is 2.04 bits per heavy atom. The monoisotopic (exact) mass is 491 g/mol. The van der Waals surface area contributed by atoms with Gasteiger partial charge in [0, 0.05) is 32.9 Å². The second-order valence-corrected chi connectivity index (χ2v) is 6.24. The van der Waals surface area contributed by atoms with Gasteiger partial charge in [0.15, 0.2) is 5.96 Å². The molecule has 1 aromatic rings. The number of halogens is 1. The molecule has 0 spiro atoms. The van der Waals surface area contributed by atoms with Gasteiger partial charge in [0.05, 0.1) is 25.9 Å². The SMILES string of the molecule is CCNC(=NCc1ccccc1COCC)NCCCOC1CCOC1.I. The molecule has 1 saturated heterocycles. The van der Waals surface area contributed by atoms with Crippen molar-refractivity contribution in [1.82, 2.24) is 10.6 Å². The van der Waals surface area contributed by atoms with Gasteiger partial charge in [-0.25, -0.2) is 4.99 Å². The molecule has 0 bridgehead atoms. The highest BCUT2D eigenvalue weighted by Gasteiger charge is 2.15.